The number of aromatic nitrogens is 3. The topological polar surface area (TPSA) is 66.1 Å². The first-order chi connectivity index (χ1) is 9.87. The second kappa shape index (κ2) is 4.72. The molecule has 21 heavy (non-hydrogen) atoms. The van der Waals surface area contributed by atoms with Crippen LogP contribution in [0.15, 0.2) is 23.3 Å². The number of rotatable bonds is 2. The summed E-state index contributed by atoms with van der Waals surface area (Å²) in [6, 6.07) is 1.76. The largest absolute Gasteiger partial charge is 0.443 e. The van der Waals surface area contributed by atoms with Crippen LogP contribution in [0.5, 0.6) is 0 Å². The molecule has 0 aliphatic heterocycles. The van der Waals surface area contributed by atoms with Gasteiger partial charge in [0.25, 0.3) is 0 Å². The fourth-order valence-corrected chi connectivity index (χ4v) is 2.33. The van der Waals surface area contributed by atoms with Crippen molar-refractivity contribution in [2.75, 3.05) is 0 Å². The van der Waals surface area contributed by atoms with E-state index in [0.717, 1.165) is 22.9 Å². The van der Waals surface area contributed by atoms with Gasteiger partial charge in [-0.2, -0.15) is 4.57 Å². The Balaban J connectivity index is 2.11. The molecule has 2 aromatic rings. The Hall–Kier alpha value is -2.11. The van der Waals surface area contributed by atoms with Crippen LogP contribution in [0.3, 0.4) is 0 Å². The Kier molecular flexibility index (Phi) is 3.11. The lowest BCUT2D eigenvalue weighted by atomic mass is 10.2. The van der Waals surface area contributed by atoms with Crippen molar-refractivity contribution in [1.82, 2.24) is 14.1 Å². The smallest absolute Gasteiger partial charge is 0.423 e. The van der Waals surface area contributed by atoms with E-state index in [1.807, 2.05) is 0 Å². The molecule has 6 heteroatoms. The van der Waals surface area contributed by atoms with E-state index in [4.69, 9.17) is 4.74 Å². The molecule has 0 spiro atoms. The molecule has 0 unspecified atom stereocenters. The molecule has 1 fully saturated rings. The SMILES string of the molecule is CC(C)(C)OC(=O)n1c(=O)n(CC2CC2)c2ccncc21. The molecule has 1 aliphatic carbocycles. The van der Waals surface area contributed by atoms with Crippen LogP contribution in [0, 0.1) is 5.92 Å². The number of nitrogens with zero attached hydrogens (tertiary/aromatic N) is 3. The van der Waals surface area contributed by atoms with Crippen LogP contribution in [0.2, 0.25) is 0 Å². The maximum atomic E-state index is 12.6. The maximum Gasteiger partial charge on any atom is 0.423 e. The number of hydrogen-bond acceptors (Lipinski definition) is 4. The lowest BCUT2D eigenvalue weighted by Crippen LogP contribution is -2.34. The number of fused-ring (bicyclic) bond motifs is 1. The average Bonchev–Trinajstić information content (AvgIpc) is 3.14. The molecule has 2 aromatic heterocycles. The summed E-state index contributed by atoms with van der Waals surface area (Å²) in [4.78, 5) is 28.9. The number of imidazole rings is 1. The molecule has 0 atom stereocenters. The maximum absolute atomic E-state index is 12.6. The van der Waals surface area contributed by atoms with Crippen molar-refractivity contribution in [2.24, 2.45) is 5.92 Å². The molecule has 0 radical (unpaired) electrons. The highest BCUT2D eigenvalue weighted by Crippen LogP contribution is 2.31. The van der Waals surface area contributed by atoms with Crippen molar-refractivity contribution in [1.29, 1.82) is 0 Å². The van der Waals surface area contributed by atoms with E-state index >= 15 is 0 Å². The number of carbonyl (C=O) groups is 1. The van der Waals surface area contributed by atoms with E-state index in [1.165, 1.54) is 6.20 Å². The van der Waals surface area contributed by atoms with Gasteiger partial charge in [-0.15, -0.1) is 0 Å². The lowest BCUT2D eigenvalue weighted by Gasteiger charge is -2.19. The van der Waals surface area contributed by atoms with Crippen molar-refractivity contribution in [3.8, 4) is 0 Å². The second-order valence-corrected chi connectivity index (χ2v) is 6.52. The van der Waals surface area contributed by atoms with E-state index < -0.39 is 11.7 Å². The summed E-state index contributed by atoms with van der Waals surface area (Å²) < 4.78 is 8.06. The minimum absolute atomic E-state index is 0.348. The first-order valence-corrected chi connectivity index (χ1v) is 7.15. The van der Waals surface area contributed by atoms with Gasteiger partial charge in [-0.3, -0.25) is 9.55 Å². The highest BCUT2D eigenvalue weighted by molar-refractivity contribution is 5.86. The molecule has 0 aromatic carbocycles. The van der Waals surface area contributed by atoms with Gasteiger partial charge in [0.2, 0.25) is 0 Å². The quantitative estimate of drug-likeness (QED) is 0.851. The Morgan fingerprint density at radius 2 is 2.10 bits per heavy atom. The predicted octanol–water partition coefficient (Wildman–Crippen LogP) is 2.39. The molecule has 6 nitrogen and oxygen atoms in total. The Labute approximate surface area is 122 Å². The van der Waals surface area contributed by atoms with Crippen LogP contribution in [0.1, 0.15) is 33.6 Å². The normalized spacial score (nSPS) is 15.4. The zero-order chi connectivity index (χ0) is 15.2. The summed E-state index contributed by atoms with van der Waals surface area (Å²) >= 11 is 0. The molecule has 1 saturated carbocycles. The zero-order valence-electron chi connectivity index (χ0n) is 12.5. The summed E-state index contributed by atoms with van der Waals surface area (Å²) in [5.41, 5.74) is 0.230. The van der Waals surface area contributed by atoms with Crippen LogP contribution < -0.4 is 5.69 Å². The molecule has 0 N–H and O–H groups in total. The molecular weight excluding hydrogens is 270 g/mol. The third-order valence-corrected chi connectivity index (χ3v) is 3.45. The number of pyridine rings is 1. The third-order valence-electron chi connectivity index (χ3n) is 3.45. The molecule has 0 saturated heterocycles. The average molecular weight is 289 g/mol. The van der Waals surface area contributed by atoms with Gasteiger partial charge >= 0.3 is 11.8 Å². The van der Waals surface area contributed by atoms with E-state index in [2.05, 4.69) is 4.98 Å². The Morgan fingerprint density at radius 1 is 1.38 bits per heavy atom. The summed E-state index contributed by atoms with van der Waals surface area (Å²) in [5.74, 6) is 0.536. The standard InChI is InChI=1S/C15H19N3O3/c1-15(2,3)21-14(20)18-12-8-16-7-6-11(12)17(13(18)19)9-10-4-5-10/h6-8,10H,4-5,9H2,1-3H3. The predicted molar refractivity (Wildman–Crippen MR) is 78.3 cm³/mol. The van der Waals surface area contributed by atoms with Gasteiger partial charge in [-0.1, -0.05) is 0 Å². The first kappa shape index (κ1) is 13.9. The Morgan fingerprint density at radius 3 is 2.71 bits per heavy atom. The van der Waals surface area contributed by atoms with E-state index in [-0.39, 0.29) is 5.69 Å². The summed E-state index contributed by atoms with van der Waals surface area (Å²) in [6.07, 6.45) is 4.78. The Bertz CT molecular complexity index is 748. The van der Waals surface area contributed by atoms with Gasteiger partial charge in [0.15, 0.2) is 0 Å². The van der Waals surface area contributed by atoms with Crippen LogP contribution in [-0.4, -0.2) is 25.8 Å². The highest BCUT2D eigenvalue weighted by atomic mass is 16.6. The van der Waals surface area contributed by atoms with Crippen molar-refractivity contribution in [2.45, 2.75) is 45.8 Å². The minimum Gasteiger partial charge on any atom is -0.443 e. The molecule has 1 aliphatic rings. The van der Waals surface area contributed by atoms with Crippen LogP contribution in [0.4, 0.5) is 4.79 Å². The molecular formula is C15H19N3O3. The van der Waals surface area contributed by atoms with Crippen molar-refractivity contribution in [3.05, 3.63) is 28.9 Å². The molecule has 3 rings (SSSR count). The van der Waals surface area contributed by atoms with Gasteiger partial charge in [0.1, 0.15) is 5.60 Å². The van der Waals surface area contributed by atoms with Crippen LogP contribution >= 0.6 is 0 Å². The van der Waals surface area contributed by atoms with Crippen LogP contribution in [0.25, 0.3) is 11.0 Å². The summed E-state index contributed by atoms with van der Waals surface area (Å²) in [6.45, 7) is 5.97. The third kappa shape index (κ3) is 2.70. The van der Waals surface area contributed by atoms with Gasteiger partial charge in [0, 0.05) is 12.7 Å². The monoisotopic (exact) mass is 289 g/mol. The highest BCUT2D eigenvalue weighted by Gasteiger charge is 2.27. The summed E-state index contributed by atoms with van der Waals surface area (Å²) in [7, 11) is 0. The molecule has 2 heterocycles. The van der Waals surface area contributed by atoms with E-state index in [9.17, 15) is 9.59 Å². The number of hydrogen-bond donors (Lipinski definition) is 0. The van der Waals surface area contributed by atoms with Gasteiger partial charge in [0.05, 0.1) is 17.2 Å². The van der Waals surface area contributed by atoms with Crippen molar-refractivity contribution < 1.29 is 9.53 Å². The summed E-state index contributed by atoms with van der Waals surface area (Å²) in [5, 5.41) is 0. The molecule has 112 valence electrons. The molecule has 0 amide bonds. The zero-order valence-corrected chi connectivity index (χ0v) is 12.5. The molecule has 0 bridgehead atoms. The van der Waals surface area contributed by atoms with Crippen LogP contribution in [-0.2, 0) is 11.3 Å². The lowest BCUT2D eigenvalue weighted by molar-refractivity contribution is 0.0537. The second-order valence-electron chi connectivity index (χ2n) is 6.52. The minimum atomic E-state index is -0.653. The first-order valence-electron chi connectivity index (χ1n) is 7.15. The van der Waals surface area contributed by atoms with Gasteiger partial charge in [-0.25, -0.2) is 9.59 Å². The number of ether oxygens (including phenoxy) is 1. The van der Waals surface area contributed by atoms with Crippen molar-refractivity contribution in [3.63, 3.8) is 0 Å². The van der Waals surface area contributed by atoms with Gasteiger partial charge in [-0.05, 0) is 45.6 Å². The fraction of sp³-hybridized carbons (Fsp3) is 0.533. The van der Waals surface area contributed by atoms with Crippen molar-refractivity contribution >= 4 is 17.1 Å². The van der Waals surface area contributed by atoms with E-state index in [1.54, 1.807) is 37.6 Å². The van der Waals surface area contributed by atoms with E-state index in [0.29, 0.717) is 18.0 Å². The van der Waals surface area contributed by atoms with Gasteiger partial charge < -0.3 is 4.74 Å². The number of carbonyl (C=O) groups excluding carboxylic acids is 1. The fourth-order valence-electron chi connectivity index (χ4n) is 2.33.